The number of carbonyl (C=O) groups is 1. The Balaban J connectivity index is 1.36. The standard InChI is InChI=1S/C21H18N8O4S/c1-12-2-5-14(6-3-12)34-10-15-18(24-28-29(15)20-19(22)26-33-27-20)21(30)25-23-9-13-4-7-16-17(8-13)32-11-31-16/h2-9H,10-11H2,1H3,(H2,22,26)(H,25,30)/b23-9-. The summed E-state index contributed by atoms with van der Waals surface area (Å²) in [5.74, 6) is 1.27. The van der Waals surface area contributed by atoms with E-state index in [2.05, 4.69) is 35.8 Å². The molecule has 0 saturated heterocycles. The molecule has 0 aliphatic carbocycles. The normalized spacial score (nSPS) is 12.4. The smallest absolute Gasteiger partial charge is 0.293 e. The van der Waals surface area contributed by atoms with Crippen molar-refractivity contribution in [3.8, 4) is 17.3 Å². The fourth-order valence-corrected chi connectivity index (χ4v) is 4.00. The minimum Gasteiger partial charge on any atom is -0.454 e. The van der Waals surface area contributed by atoms with Crippen molar-refractivity contribution in [3.63, 3.8) is 0 Å². The van der Waals surface area contributed by atoms with Gasteiger partial charge in [0.05, 0.1) is 11.9 Å². The van der Waals surface area contributed by atoms with Crippen LogP contribution in [-0.2, 0) is 5.75 Å². The maximum Gasteiger partial charge on any atom is 0.293 e. The number of hydrogen-bond donors (Lipinski definition) is 2. The number of ether oxygens (including phenoxy) is 2. The second-order valence-corrected chi connectivity index (χ2v) is 8.23. The molecule has 0 bridgehead atoms. The summed E-state index contributed by atoms with van der Waals surface area (Å²) in [5, 5.41) is 19.4. The Kier molecular flexibility index (Phi) is 5.82. The molecule has 0 atom stereocenters. The maximum absolute atomic E-state index is 12.9. The third-order valence-electron chi connectivity index (χ3n) is 4.85. The van der Waals surface area contributed by atoms with Gasteiger partial charge in [-0.15, -0.1) is 16.9 Å². The van der Waals surface area contributed by atoms with E-state index < -0.39 is 5.91 Å². The first-order valence-electron chi connectivity index (χ1n) is 10.0. The van der Waals surface area contributed by atoms with Crippen molar-refractivity contribution in [1.29, 1.82) is 0 Å². The Labute approximate surface area is 197 Å². The fourth-order valence-electron chi connectivity index (χ4n) is 3.11. The van der Waals surface area contributed by atoms with E-state index in [1.165, 1.54) is 22.7 Å². The molecule has 172 valence electrons. The van der Waals surface area contributed by atoms with Crippen LogP contribution in [0.1, 0.15) is 27.3 Å². The van der Waals surface area contributed by atoms with Crippen LogP contribution in [0, 0.1) is 6.92 Å². The summed E-state index contributed by atoms with van der Waals surface area (Å²) in [6.45, 7) is 2.19. The average Bonchev–Trinajstić information content (AvgIpc) is 3.57. The molecule has 0 fully saturated rings. The maximum atomic E-state index is 12.9. The summed E-state index contributed by atoms with van der Waals surface area (Å²) in [6.07, 6.45) is 1.49. The largest absolute Gasteiger partial charge is 0.454 e. The van der Waals surface area contributed by atoms with E-state index >= 15 is 0 Å². The number of nitrogens with zero attached hydrogens (tertiary/aromatic N) is 6. The first kappa shape index (κ1) is 21.5. The molecular weight excluding hydrogens is 460 g/mol. The van der Waals surface area contributed by atoms with Crippen LogP contribution in [0.4, 0.5) is 5.82 Å². The molecule has 2 aromatic heterocycles. The molecule has 3 N–H and O–H groups in total. The molecule has 13 heteroatoms. The van der Waals surface area contributed by atoms with Crippen molar-refractivity contribution in [2.45, 2.75) is 17.6 Å². The summed E-state index contributed by atoms with van der Waals surface area (Å²) in [6, 6.07) is 13.3. The lowest BCUT2D eigenvalue weighted by Gasteiger charge is -2.06. The zero-order valence-corrected chi connectivity index (χ0v) is 18.7. The van der Waals surface area contributed by atoms with Crippen LogP contribution in [0.3, 0.4) is 0 Å². The van der Waals surface area contributed by atoms with E-state index in [0.29, 0.717) is 22.9 Å². The molecule has 34 heavy (non-hydrogen) atoms. The Morgan fingerprint density at radius 1 is 1.21 bits per heavy atom. The van der Waals surface area contributed by atoms with Crippen LogP contribution in [0.5, 0.6) is 11.5 Å². The molecule has 0 spiro atoms. The van der Waals surface area contributed by atoms with Gasteiger partial charge in [0.2, 0.25) is 18.4 Å². The number of nitrogens with one attached hydrogen (secondary N) is 1. The van der Waals surface area contributed by atoms with E-state index in [-0.39, 0.29) is 24.1 Å². The van der Waals surface area contributed by atoms with Gasteiger partial charge in [0.1, 0.15) is 0 Å². The number of carbonyl (C=O) groups excluding carboxylic acids is 1. The first-order chi connectivity index (χ1) is 16.6. The molecule has 4 aromatic rings. The van der Waals surface area contributed by atoms with Gasteiger partial charge >= 0.3 is 0 Å². The molecule has 1 aliphatic rings. The minimum atomic E-state index is -0.544. The van der Waals surface area contributed by atoms with Crippen LogP contribution in [0.25, 0.3) is 5.82 Å². The fraction of sp³-hybridized carbons (Fsp3) is 0.143. The van der Waals surface area contributed by atoms with Crippen LogP contribution in [0.2, 0.25) is 0 Å². The average molecular weight is 478 g/mol. The number of aryl methyl sites for hydroxylation is 1. The van der Waals surface area contributed by atoms with E-state index in [1.807, 2.05) is 31.2 Å². The summed E-state index contributed by atoms with van der Waals surface area (Å²) >= 11 is 1.50. The van der Waals surface area contributed by atoms with Crippen molar-refractivity contribution >= 4 is 29.7 Å². The summed E-state index contributed by atoms with van der Waals surface area (Å²) in [5.41, 5.74) is 10.7. The quantitative estimate of drug-likeness (QED) is 0.230. The van der Waals surface area contributed by atoms with Gasteiger partial charge in [-0.2, -0.15) is 9.78 Å². The highest BCUT2D eigenvalue weighted by molar-refractivity contribution is 7.98. The predicted molar refractivity (Wildman–Crippen MR) is 122 cm³/mol. The molecule has 0 radical (unpaired) electrons. The molecular formula is C21H18N8O4S. The van der Waals surface area contributed by atoms with Gasteiger partial charge in [0, 0.05) is 10.6 Å². The third-order valence-corrected chi connectivity index (χ3v) is 5.87. The second kappa shape index (κ2) is 9.23. The van der Waals surface area contributed by atoms with Gasteiger partial charge in [-0.3, -0.25) is 4.79 Å². The van der Waals surface area contributed by atoms with Gasteiger partial charge in [0.25, 0.3) is 5.91 Å². The number of nitrogen functional groups attached to an aromatic ring is 1. The highest BCUT2D eigenvalue weighted by atomic mass is 32.2. The third kappa shape index (κ3) is 4.41. The number of rotatable bonds is 7. The van der Waals surface area contributed by atoms with E-state index in [1.54, 1.807) is 18.2 Å². The lowest BCUT2D eigenvalue weighted by atomic mass is 10.2. The number of nitrogens with two attached hydrogens (primary N) is 1. The highest BCUT2D eigenvalue weighted by Gasteiger charge is 2.24. The van der Waals surface area contributed by atoms with Crippen LogP contribution >= 0.6 is 11.8 Å². The van der Waals surface area contributed by atoms with E-state index in [0.717, 1.165) is 16.0 Å². The van der Waals surface area contributed by atoms with Gasteiger partial charge in [-0.25, -0.2) is 10.1 Å². The lowest BCUT2D eigenvalue weighted by Crippen LogP contribution is -2.20. The first-order valence-corrected chi connectivity index (χ1v) is 11.0. The summed E-state index contributed by atoms with van der Waals surface area (Å²) in [7, 11) is 0. The SMILES string of the molecule is Cc1ccc(SCc2c(C(=O)N/N=C\c3ccc4c(c3)OCO4)nnn2-c2nonc2N)cc1. The predicted octanol–water partition coefficient (Wildman–Crippen LogP) is 2.33. The van der Waals surface area contributed by atoms with Crippen molar-refractivity contribution in [2.24, 2.45) is 5.10 Å². The number of thioether (sulfide) groups is 1. The monoisotopic (exact) mass is 478 g/mol. The number of amides is 1. The molecule has 2 aromatic carbocycles. The van der Waals surface area contributed by atoms with Crippen LogP contribution in [-0.4, -0.2) is 44.2 Å². The Morgan fingerprint density at radius 3 is 2.82 bits per heavy atom. The number of hydrazone groups is 1. The topological polar surface area (TPSA) is 156 Å². The second-order valence-electron chi connectivity index (χ2n) is 7.18. The van der Waals surface area contributed by atoms with Crippen molar-refractivity contribution in [3.05, 3.63) is 65.0 Å². The summed E-state index contributed by atoms with van der Waals surface area (Å²) in [4.78, 5) is 13.9. The molecule has 3 heterocycles. The van der Waals surface area contributed by atoms with E-state index in [4.69, 9.17) is 15.2 Å². The number of fused-ring (bicyclic) bond motifs is 1. The molecule has 1 aliphatic heterocycles. The van der Waals surface area contributed by atoms with Crippen LogP contribution in [0.15, 0.2) is 57.1 Å². The number of hydrogen-bond acceptors (Lipinski definition) is 11. The minimum absolute atomic E-state index is 0.0271. The van der Waals surface area contributed by atoms with Crippen molar-refractivity contribution in [1.82, 2.24) is 30.7 Å². The number of anilines is 1. The molecule has 1 amide bonds. The van der Waals surface area contributed by atoms with Gasteiger partial charge in [-0.1, -0.05) is 22.9 Å². The molecule has 5 rings (SSSR count). The van der Waals surface area contributed by atoms with Crippen LogP contribution < -0.4 is 20.6 Å². The molecule has 0 unspecified atom stereocenters. The zero-order valence-electron chi connectivity index (χ0n) is 17.8. The Hall–Kier alpha value is -4.39. The van der Waals surface area contributed by atoms with Gasteiger partial charge < -0.3 is 15.2 Å². The molecule has 12 nitrogen and oxygen atoms in total. The summed E-state index contributed by atoms with van der Waals surface area (Å²) < 4.78 is 16.7. The van der Waals surface area contributed by atoms with E-state index in [9.17, 15) is 4.79 Å². The molecule has 0 saturated carbocycles. The Bertz CT molecular complexity index is 1370. The van der Waals surface area contributed by atoms with Crippen molar-refractivity contribution < 1.29 is 18.9 Å². The van der Waals surface area contributed by atoms with Crippen molar-refractivity contribution in [2.75, 3.05) is 12.5 Å². The van der Waals surface area contributed by atoms with Gasteiger partial charge in [0.15, 0.2) is 17.2 Å². The Morgan fingerprint density at radius 2 is 2.03 bits per heavy atom. The highest BCUT2D eigenvalue weighted by Crippen LogP contribution is 2.32. The number of aromatic nitrogens is 5. The van der Waals surface area contributed by atoms with Gasteiger partial charge in [-0.05, 0) is 53.1 Å². The zero-order chi connectivity index (χ0) is 23.5. The lowest BCUT2D eigenvalue weighted by molar-refractivity contribution is 0.0949. The number of benzene rings is 2.